The lowest BCUT2D eigenvalue weighted by Crippen LogP contribution is -2.46. The Morgan fingerprint density at radius 1 is 0.842 bits per heavy atom. The minimum Gasteiger partial charge on any atom is -0.330 e. The van der Waals surface area contributed by atoms with Crippen LogP contribution in [0.2, 0.25) is 0 Å². The Labute approximate surface area is 116 Å². The molecule has 0 aromatic heterocycles. The second kappa shape index (κ2) is 7.70. The fourth-order valence-corrected chi connectivity index (χ4v) is 2.99. The topological polar surface area (TPSA) is 52.8 Å². The normalized spacial score (nSPS) is 22.4. The van der Waals surface area contributed by atoms with Gasteiger partial charge in [0.05, 0.1) is 0 Å². The number of likely N-dealkylation sites (tertiary alicyclic amines) is 1. The molecule has 2 heterocycles. The van der Waals surface area contributed by atoms with Crippen LogP contribution in [0.5, 0.6) is 0 Å². The molecule has 2 amide bonds. The van der Waals surface area contributed by atoms with Crippen LogP contribution in [-0.4, -0.2) is 73.1 Å². The monoisotopic (exact) mass is 268 g/mol. The summed E-state index contributed by atoms with van der Waals surface area (Å²) in [4.78, 5) is 19.0. The van der Waals surface area contributed by atoms with Gasteiger partial charge in [-0.1, -0.05) is 0 Å². The quantitative estimate of drug-likeness (QED) is 0.829. The van der Waals surface area contributed by atoms with Gasteiger partial charge in [-0.25, -0.2) is 4.79 Å². The molecule has 19 heavy (non-hydrogen) atoms. The van der Waals surface area contributed by atoms with Crippen molar-refractivity contribution in [2.45, 2.75) is 32.1 Å². The van der Waals surface area contributed by atoms with Crippen molar-refractivity contribution in [3.8, 4) is 0 Å². The first kappa shape index (κ1) is 14.6. The molecule has 2 N–H and O–H groups in total. The molecule has 0 saturated carbocycles. The number of carbonyl (C=O) groups is 1. The lowest BCUT2D eigenvalue weighted by Gasteiger charge is -2.32. The van der Waals surface area contributed by atoms with E-state index in [1.165, 1.54) is 19.3 Å². The smallest absolute Gasteiger partial charge is 0.320 e. The maximum absolute atomic E-state index is 12.4. The Hall–Kier alpha value is -0.810. The van der Waals surface area contributed by atoms with Crippen molar-refractivity contribution >= 4 is 6.03 Å². The molecule has 0 unspecified atom stereocenters. The molecule has 0 radical (unpaired) electrons. The number of carbonyl (C=O) groups excluding carboxylic acids is 1. The average Bonchev–Trinajstić information content (AvgIpc) is 2.71. The molecule has 0 spiro atoms. The molecule has 0 aliphatic carbocycles. The molecule has 0 aromatic rings. The highest BCUT2D eigenvalue weighted by Gasteiger charge is 2.24. The lowest BCUT2D eigenvalue weighted by molar-refractivity contribution is 0.144. The Morgan fingerprint density at radius 3 is 2.26 bits per heavy atom. The molecular weight excluding hydrogens is 240 g/mol. The largest absolute Gasteiger partial charge is 0.330 e. The predicted molar refractivity (Wildman–Crippen MR) is 77.1 cm³/mol. The molecule has 5 nitrogen and oxygen atoms in total. The number of urea groups is 1. The maximum atomic E-state index is 12.4. The van der Waals surface area contributed by atoms with E-state index in [0.29, 0.717) is 0 Å². The number of rotatable bonds is 3. The minimum atomic E-state index is 0.264. The lowest BCUT2D eigenvalue weighted by atomic mass is 10.1. The minimum absolute atomic E-state index is 0.264. The summed E-state index contributed by atoms with van der Waals surface area (Å²) < 4.78 is 0. The Kier molecular flexibility index (Phi) is 5.92. The SMILES string of the molecule is NCCCN1CCCN(C(=O)N2CCCCC2)CC1. The molecule has 2 saturated heterocycles. The highest BCUT2D eigenvalue weighted by atomic mass is 16.2. The van der Waals surface area contributed by atoms with Gasteiger partial charge in [-0.3, -0.25) is 0 Å². The van der Waals surface area contributed by atoms with Crippen LogP contribution >= 0.6 is 0 Å². The third kappa shape index (κ3) is 4.35. The van der Waals surface area contributed by atoms with E-state index in [4.69, 9.17) is 5.73 Å². The molecule has 5 heteroatoms. The van der Waals surface area contributed by atoms with E-state index in [1.807, 2.05) is 9.80 Å². The second-order valence-electron chi connectivity index (χ2n) is 5.65. The van der Waals surface area contributed by atoms with E-state index in [-0.39, 0.29) is 6.03 Å². The van der Waals surface area contributed by atoms with Crippen molar-refractivity contribution in [3.05, 3.63) is 0 Å². The van der Waals surface area contributed by atoms with Crippen molar-refractivity contribution in [1.29, 1.82) is 0 Å². The highest BCUT2D eigenvalue weighted by Crippen LogP contribution is 2.13. The molecule has 2 fully saturated rings. The first-order valence-electron chi connectivity index (χ1n) is 7.77. The van der Waals surface area contributed by atoms with Crippen molar-refractivity contribution < 1.29 is 4.79 Å². The van der Waals surface area contributed by atoms with E-state index in [0.717, 1.165) is 65.2 Å². The zero-order valence-corrected chi connectivity index (χ0v) is 12.0. The number of hydrogen-bond donors (Lipinski definition) is 1. The summed E-state index contributed by atoms with van der Waals surface area (Å²) >= 11 is 0. The van der Waals surface area contributed by atoms with Gasteiger partial charge in [0.1, 0.15) is 0 Å². The Bertz CT molecular complexity index is 279. The number of hydrogen-bond acceptors (Lipinski definition) is 3. The molecule has 0 aromatic carbocycles. The van der Waals surface area contributed by atoms with Gasteiger partial charge in [-0.15, -0.1) is 0 Å². The van der Waals surface area contributed by atoms with Crippen LogP contribution in [0.1, 0.15) is 32.1 Å². The molecule has 2 aliphatic heterocycles. The first-order valence-corrected chi connectivity index (χ1v) is 7.77. The molecule has 2 aliphatic rings. The van der Waals surface area contributed by atoms with Gasteiger partial charge in [-0.2, -0.15) is 0 Å². The van der Waals surface area contributed by atoms with Crippen molar-refractivity contribution in [2.75, 3.05) is 52.4 Å². The van der Waals surface area contributed by atoms with Gasteiger partial charge < -0.3 is 20.4 Å². The predicted octanol–water partition coefficient (Wildman–Crippen LogP) is 0.949. The zero-order valence-electron chi connectivity index (χ0n) is 12.0. The fourth-order valence-electron chi connectivity index (χ4n) is 2.99. The number of nitrogens with two attached hydrogens (primary N) is 1. The van der Waals surface area contributed by atoms with Gasteiger partial charge in [0.2, 0.25) is 0 Å². The van der Waals surface area contributed by atoms with Gasteiger partial charge in [-0.05, 0) is 51.7 Å². The highest BCUT2D eigenvalue weighted by molar-refractivity contribution is 5.74. The van der Waals surface area contributed by atoms with Crippen LogP contribution in [0.15, 0.2) is 0 Å². The third-order valence-corrected chi connectivity index (χ3v) is 4.16. The van der Waals surface area contributed by atoms with Crippen LogP contribution in [-0.2, 0) is 0 Å². The Balaban J connectivity index is 1.79. The van der Waals surface area contributed by atoms with Gasteiger partial charge in [0.15, 0.2) is 0 Å². The summed E-state index contributed by atoms with van der Waals surface area (Å²) in [6, 6.07) is 0.264. The summed E-state index contributed by atoms with van der Waals surface area (Å²) in [5, 5.41) is 0. The summed E-state index contributed by atoms with van der Waals surface area (Å²) in [6.45, 7) is 7.62. The van der Waals surface area contributed by atoms with Crippen LogP contribution in [0.25, 0.3) is 0 Å². The molecule has 110 valence electrons. The molecular formula is C14H28N4O. The standard InChI is InChI=1S/C14H28N4O/c15-6-4-7-16-8-5-11-18(13-12-16)14(19)17-9-2-1-3-10-17/h1-13,15H2. The number of piperidine rings is 1. The summed E-state index contributed by atoms with van der Waals surface area (Å²) in [7, 11) is 0. The fraction of sp³-hybridized carbons (Fsp3) is 0.929. The first-order chi connectivity index (χ1) is 9.31. The van der Waals surface area contributed by atoms with Crippen LogP contribution in [0, 0.1) is 0 Å². The number of amides is 2. The molecule has 0 atom stereocenters. The van der Waals surface area contributed by atoms with E-state index >= 15 is 0 Å². The van der Waals surface area contributed by atoms with Crippen molar-refractivity contribution in [2.24, 2.45) is 5.73 Å². The summed E-state index contributed by atoms with van der Waals surface area (Å²) in [6.07, 6.45) is 5.76. The van der Waals surface area contributed by atoms with Crippen molar-refractivity contribution in [3.63, 3.8) is 0 Å². The van der Waals surface area contributed by atoms with E-state index in [9.17, 15) is 4.79 Å². The Morgan fingerprint density at radius 2 is 1.53 bits per heavy atom. The second-order valence-corrected chi connectivity index (χ2v) is 5.65. The van der Waals surface area contributed by atoms with Crippen LogP contribution in [0.4, 0.5) is 4.79 Å². The van der Waals surface area contributed by atoms with Gasteiger partial charge in [0, 0.05) is 32.7 Å². The van der Waals surface area contributed by atoms with Gasteiger partial charge >= 0.3 is 6.03 Å². The average molecular weight is 268 g/mol. The van der Waals surface area contributed by atoms with Gasteiger partial charge in [0.25, 0.3) is 0 Å². The zero-order chi connectivity index (χ0) is 13.5. The molecule has 0 bridgehead atoms. The van der Waals surface area contributed by atoms with E-state index in [1.54, 1.807) is 0 Å². The number of nitrogens with zero attached hydrogens (tertiary/aromatic N) is 3. The van der Waals surface area contributed by atoms with Crippen molar-refractivity contribution in [1.82, 2.24) is 14.7 Å². The van der Waals surface area contributed by atoms with E-state index < -0.39 is 0 Å². The van der Waals surface area contributed by atoms with Crippen LogP contribution in [0.3, 0.4) is 0 Å². The summed E-state index contributed by atoms with van der Waals surface area (Å²) in [5.41, 5.74) is 5.56. The van der Waals surface area contributed by atoms with E-state index in [2.05, 4.69) is 4.90 Å². The molecule has 2 rings (SSSR count). The van der Waals surface area contributed by atoms with Crippen LogP contribution < -0.4 is 5.73 Å². The third-order valence-electron chi connectivity index (χ3n) is 4.16. The maximum Gasteiger partial charge on any atom is 0.320 e. The summed E-state index contributed by atoms with van der Waals surface area (Å²) in [5.74, 6) is 0.